The van der Waals surface area contributed by atoms with Crippen LogP contribution in [-0.4, -0.2) is 11.9 Å². The van der Waals surface area contributed by atoms with Gasteiger partial charge in [0, 0.05) is 24.5 Å². The Balaban J connectivity index is 2.56. The number of anilines is 2. The molecule has 0 saturated heterocycles. The number of benzene rings is 1. The number of rotatable bonds is 0. The largest absolute Gasteiger partial charge is 0.398 e. The Morgan fingerprint density at radius 1 is 1.08 bits per heavy atom. The maximum absolute atomic E-state index is 5.82. The standard InChI is InChI=1S/C9H13N3/c1-12-4-6-7(5-12)9(11)3-2-8(6)10/h2-3H,4-5,10-11H2,1H3. The summed E-state index contributed by atoms with van der Waals surface area (Å²) in [5, 5.41) is 0. The molecule has 0 unspecified atom stereocenters. The lowest BCUT2D eigenvalue weighted by atomic mass is 10.1. The van der Waals surface area contributed by atoms with Crippen LogP contribution < -0.4 is 11.5 Å². The first-order valence-electron chi connectivity index (χ1n) is 4.02. The summed E-state index contributed by atoms with van der Waals surface area (Å²) < 4.78 is 0. The third kappa shape index (κ3) is 0.940. The zero-order chi connectivity index (χ0) is 8.72. The highest BCUT2D eigenvalue weighted by Crippen LogP contribution is 2.30. The van der Waals surface area contributed by atoms with E-state index in [1.54, 1.807) is 0 Å². The van der Waals surface area contributed by atoms with E-state index in [0.717, 1.165) is 24.5 Å². The number of fused-ring (bicyclic) bond motifs is 1. The third-order valence-electron chi connectivity index (χ3n) is 2.36. The van der Waals surface area contributed by atoms with Gasteiger partial charge in [-0.2, -0.15) is 0 Å². The van der Waals surface area contributed by atoms with Crippen molar-refractivity contribution in [2.45, 2.75) is 13.1 Å². The van der Waals surface area contributed by atoms with Gasteiger partial charge in [-0.15, -0.1) is 0 Å². The smallest absolute Gasteiger partial charge is 0.0364 e. The van der Waals surface area contributed by atoms with Crippen molar-refractivity contribution >= 4 is 11.4 Å². The highest BCUT2D eigenvalue weighted by Gasteiger charge is 2.19. The van der Waals surface area contributed by atoms with Crippen LogP contribution in [0, 0.1) is 0 Å². The topological polar surface area (TPSA) is 55.3 Å². The second-order valence-corrected chi connectivity index (χ2v) is 3.37. The molecule has 1 aromatic rings. The van der Waals surface area contributed by atoms with E-state index in [0.29, 0.717) is 0 Å². The van der Waals surface area contributed by atoms with Gasteiger partial charge in [-0.3, -0.25) is 4.90 Å². The molecular formula is C9H13N3. The summed E-state index contributed by atoms with van der Waals surface area (Å²) in [5.74, 6) is 0. The summed E-state index contributed by atoms with van der Waals surface area (Å²) >= 11 is 0. The van der Waals surface area contributed by atoms with Gasteiger partial charge >= 0.3 is 0 Å². The van der Waals surface area contributed by atoms with Crippen LogP contribution in [0.15, 0.2) is 12.1 Å². The lowest BCUT2D eigenvalue weighted by Crippen LogP contribution is -2.08. The quantitative estimate of drug-likeness (QED) is 0.556. The van der Waals surface area contributed by atoms with E-state index in [1.807, 2.05) is 12.1 Å². The Morgan fingerprint density at radius 3 is 1.92 bits per heavy atom. The summed E-state index contributed by atoms with van der Waals surface area (Å²) in [6.45, 7) is 1.85. The molecule has 0 saturated carbocycles. The summed E-state index contributed by atoms with van der Waals surface area (Å²) in [5.41, 5.74) is 15.8. The molecule has 3 heteroatoms. The van der Waals surface area contributed by atoms with E-state index in [2.05, 4.69) is 11.9 Å². The molecule has 1 heterocycles. The predicted molar refractivity (Wildman–Crippen MR) is 50.4 cm³/mol. The summed E-state index contributed by atoms with van der Waals surface area (Å²) in [6, 6.07) is 3.76. The van der Waals surface area contributed by atoms with Crippen molar-refractivity contribution in [3.05, 3.63) is 23.3 Å². The SMILES string of the molecule is CN1Cc2c(N)ccc(N)c2C1. The first-order valence-corrected chi connectivity index (χ1v) is 4.02. The highest BCUT2D eigenvalue weighted by atomic mass is 15.1. The Kier molecular flexibility index (Phi) is 1.48. The fourth-order valence-electron chi connectivity index (χ4n) is 1.70. The van der Waals surface area contributed by atoms with Crippen molar-refractivity contribution in [2.24, 2.45) is 0 Å². The van der Waals surface area contributed by atoms with Gasteiger partial charge in [0.2, 0.25) is 0 Å². The van der Waals surface area contributed by atoms with Gasteiger partial charge in [-0.05, 0) is 30.3 Å². The molecule has 4 N–H and O–H groups in total. The molecule has 2 rings (SSSR count). The Bertz CT molecular complexity index is 289. The molecule has 0 atom stereocenters. The maximum Gasteiger partial charge on any atom is 0.0364 e. The lowest BCUT2D eigenvalue weighted by molar-refractivity contribution is 0.353. The van der Waals surface area contributed by atoms with E-state index >= 15 is 0 Å². The van der Waals surface area contributed by atoms with Crippen LogP contribution in [0.2, 0.25) is 0 Å². The molecule has 0 fully saturated rings. The fourth-order valence-corrected chi connectivity index (χ4v) is 1.70. The number of hydrogen-bond acceptors (Lipinski definition) is 3. The van der Waals surface area contributed by atoms with Gasteiger partial charge in [-0.1, -0.05) is 0 Å². The number of hydrogen-bond donors (Lipinski definition) is 2. The lowest BCUT2D eigenvalue weighted by Gasteiger charge is -2.04. The molecule has 0 radical (unpaired) electrons. The van der Waals surface area contributed by atoms with Crippen LogP contribution >= 0.6 is 0 Å². The summed E-state index contributed by atoms with van der Waals surface area (Å²) in [4.78, 5) is 2.21. The molecule has 0 bridgehead atoms. The summed E-state index contributed by atoms with van der Waals surface area (Å²) in [6.07, 6.45) is 0. The fraction of sp³-hybridized carbons (Fsp3) is 0.333. The number of nitrogens with zero attached hydrogens (tertiary/aromatic N) is 1. The first-order chi connectivity index (χ1) is 5.68. The van der Waals surface area contributed by atoms with Gasteiger partial charge in [0.15, 0.2) is 0 Å². The maximum atomic E-state index is 5.82. The molecule has 3 nitrogen and oxygen atoms in total. The molecule has 0 aromatic heterocycles. The van der Waals surface area contributed by atoms with Crippen LogP contribution in [0.3, 0.4) is 0 Å². The minimum Gasteiger partial charge on any atom is -0.398 e. The van der Waals surface area contributed by atoms with E-state index in [-0.39, 0.29) is 0 Å². The van der Waals surface area contributed by atoms with Crippen molar-refractivity contribution < 1.29 is 0 Å². The van der Waals surface area contributed by atoms with Gasteiger partial charge in [0.1, 0.15) is 0 Å². The minimum absolute atomic E-state index is 0.864. The molecule has 0 aliphatic carbocycles. The number of nitrogen functional groups attached to an aromatic ring is 2. The Morgan fingerprint density at radius 2 is 1.50 bits per heavy atom. The molecule has 0 amide bonds. The van der Waals surface area contributed by atoms with E-state index < -0.39 is 0 Å². The molecule has 1 aliphatic rings. The van der Waals surface area contributed by atoms with E-state index in [9.17, 15) is 0 Å². The Hall–Kier alpha value is -1.22. The summed E-state index contributed by atoms with van der Waals surface area (Å²) in [7, 11) is 2.07. The molecule has 12 heavy (non-hydrogen) atoms. The van der Waals surface area contributed by atoms with Crippen molar-refractivity contribution in [3.63, 3.8) is 0 Å². The predicted octanol–water partition coefficient (Wildman–Crippen LogP) is 0.796. The van der Waals surface area contributed by atoms with Crippen LogP contribution in [0.4, 0.5) is 11.4 Å². The monoisotopic (exact) mass is 163 g/mol. The van der Waals surface area contributed by atoms with Crippen LogP contribution in [0.5, 0.6) is 0 Å². The molecule has 0 spiro atoms. The van der Waals surface area contributed by atoms with Gasteiger partial charge in [0.05, 0.1) is 0 Å². The van der Waals surface area contributed by atoms with Crippen molar-refractivity contribution in [1.82, 2.24) is 4.90 Å². The van der Waals surface area contributed by atoms with Crippen molar-refractivity contribution in [1.29, 1.82) is 0 Å². The van der Waals surface area contributed by atoms with Gasteiger partial charge < -0.3 is 11.5 Å². The second-order valence-electron chi connectivity index (χ2n) is 3.37. The van der Waals surface area contributed by atoms with Gasteiger partial charge in [-0.25, -0.2) is 0 Å². The average molecular weight is 163 g/mol. The number of nitrogens with two attached hydrogens (primary N) is 2. The minimum atomic E-state index is 0.864. The zero-order valence-corrected chi connectivity index (χ0v) is 7.17. The first kappa shape index (κ1) is 7.43. The van der Waals surface area contributed by atoms with Crippen LogP contribution in [0.1, 0.15) is 11.1 Å². The zero-order valence-electron chi connectivity index (χ0n) is 7.17. The van der Waals surface area contributed by atoms with Crippen molar-refractivity contribution in [2.75, 3.05) is 18.5 Å². The molecule has 1 aliphatic heterocycles. The second kappa shape index (κ2) is 2.38. The van der Waals surface area contributed by atoms with Crippen LogP contribution in [0.25, 0.3) is 0 Å². The van der Waals surface area contributed by atoms with Gasteiger partial charge in [0.25, 0.3) is 0 Å². The molecular weight excluding hydrogens is 150 g/mol. The normalized spacial score (nSPS) is 16.4. The third-order valence-corrected chi connectivity index (χ3v) is 2.36. The van der Waals surface area contributed by atoms with E-state index in [4.69, 9.17) is 11.5 Å². The molecule has 64 valence electrons. The average Bonchev–Trinajstić information content (AvgIpc) is 2.41. The molecule has 1 aromatic carbocycles. The van der Waals surface area contributed by atoms with Crippen molar-refractivity contribution in [3.8, 4) is 0 Å². The van der Waals surface area contributed by atoms with E-state index in [1.165, 1.54) is 11.1 Å². The highest BCUT2D eigenvalue weighted by molar-refractivity contribution is 5.63. The Labute approximate surface area is 72.0 Å². The van der Waals surface area contributed by atoms with Crippen LogP contribution in [-0.2, 0) is 13.1 Å².